The molecule has 1 aromatic heterocycles. The Hall–Kier alpha value is -1.82. The lowest BCUT2D eigenvalue weighted by atomic mass is 10.2. The maximum absolute atomic E-state index is 12.4. The smallest absolute Gasteiger partial charge is 0.257 e. The van der Waals surface area contributed by atoms with Crippen molar-refractivity contribution in [1.29, 1.82) is 0 Å². The van der Waals surface area contributed by atoms with Crippen molar-refractivity contribution in [3.63, 3.8) is 0 Å². The van der Waals surface area contributed by atoms with Gasteiger partial charge in [0.05, 0.1) is 33.1 Å². The van der Waals surface area contributed by atoms with E-state index in [4.69, 9.17) is 27.9 Å². The highest BCUT2D eigenvalue weighted by Crippen LogP contribution is 2.29. The predicted molar refractivity (Wildman–Crippen MR) is 96.1 cm³/mol. The van der Waals surface area contributed by atoms with E-state index in [1.807, 2.05) is 0 Å². The molecule has 0 radical (unpaired) electrons. The van der Waals surface area contributed by atoms with Gasteiger partial charge in [-0.3, -0.25) is 9.78 Å². The van der Waals surface area contributed by atoms with Crippen molar-refractivity contribution in [2.45, 2.75) is 18.9 Å². The van der Waals surface area contributed by atoms with Gasteiger partial charge in [0.15, 0.2) is 0 Å². The Morgan fingerprint density at radius 2 is 2.21 bits per heavy atom. The highest BCUT2D eigenvalue weighted by molar-refractivity contribution is 6.44. The number of anilines is 2. The third-order valence-electron chi connectivity index (χ3n) is 3.76. The summed E-state index contributed by atoms with van der Waals surface area (Å²) in [5.74, 6) is -0.299. The Morgan fingerprint density at radius 3 is 3.00 bits per heavy atom. The molecule has 1 saturated heterocycles. The van der Waals surface area contributed by atoms with E-state index in [-0.39, 0.29) is 12.0 Å². The van der Waals surface area contributed by atoms with Crippen LogP contribution in [0.25, 0.3) is 0 Å². The molecule has 1 fully saturated rings. The number of carbonyl (C=O) groups is 1. The topological polar surface area (TPSA) is 63.2 Å². The summed E-state index contributed by atoms with van der Waals surface area (Å²) in [7, 11) is 0. The molecule has 0 saturated carbocycles. The Morgan fingerprint density at radius 1 is 1.33 bits per heavy atom. The van der Waals surface area contributed by atoms with Crippen LogP contribution in [0.5, 0.6) is 0 Å². The van der Waals surface area contributed by atoms with E-state index < -0.39 is 0 Å². The van der Waals surface area contributed by atoms with Gasteiger partial charge in [0, 0.05) is 25.5 Å². The van der Waals surface area contributed by atoms with Crippen LogP contribution in [0.2, 0.25) is 10.0 Å². The first-order valence-electron chi connectivity index (χ1n) is 7.69. The zero-order valence-electron chi connectivity index (χ0n) is 12.9. The number of amides is 1. The number of aromatic nitrogens is 1. The van der Waals surface area contributed by atoms with E-state index in [1.54, 1.807) is 30.5 Å². The first-order valence-corrected chi connectivity index (χ1v) is 8.45. The van der Waals surface area contributed by atoms with Gasteiger partial charge in [-0.25, -0.2) is 0 Å². The highest BCUT2D eigenvalue weighted by atomic mass is 35.5. The second kappa shape index (κ2) is 7.83. The number of nitrogens with one attached hydrogen (secondary N) is 2. The van der Waals surface area contributed by atoms with Gasteiger partial charge in [-0.1, -0.05) is 29.3 Å². The van der Waals surface area contributed by atoms with Crippen LogP contribution in [0.4, 0.5) is 11.4 Å². The third kappa shape index (κ3) is 4.17. The number of nitrogens with zero attached hydrogens (tertiary/aromatic N) is 1. The quantitative estimate of drug-likeness (QED) is 0.831. The van der Waals surface area contributed by atoms with Crippen LogP contribution in [0.15, 0.2) is 36.7 Å². The molecular weight excluding hydrogens is 349 g/mol. The van der Waals surface area contributed by atoms with Crippen LogP contribution in [-0.4, -0.2) is 30.1 Å². The van der Waals surface area contributed by atoms with Crippen molar-refractivity contribution >= 4 is 40.5 Å². The summed E-state index contributed by atoms with van der Waals surface area (Å²) >= 11 is 12.0. The van der Waals surface area contributed by atoms with Crippen LogP contribution in [0, 0.1) is 0 Å². The minimum absolute atomic E-state index is 0.216. The van der Waals surface area contributed by atoms with E-state index in [1.165, 1.54) is 6.20 Å². The van der Waals surface area contributed by atoms with Crippen molar-refractivity contribution in [1.82, 2.24) is 4.98 Å². The molecule has 2 aromatic rings. The Bertz CT molecular complexity index is 734. The zero-order valence-corrected chi connectivity index (χ0v) is 14.4. The SMILES string of the molecule is O=C(Nc1cccc(Cl)c1Cl)c1cncc(NCC2CCCO2)c1. The lowest BCUT2D eigenvalue weighted by Crippen LogP contribution is -2.19. The normalized spacial score (nSPS) is 16.8. The molecule has 1 aromatic carbocycles. The number of rotatable bonds is 5. The molecule has 2 N–H and O–H groups in total. The molecule has 0 aliphatic carbocycles. The van der Waals surface area contributed by atoms with E-state index >= 15 is 0 Å². The van der Waals surface area contributed by atoms with Gasteiger partial charge >= 0.3 is 0 Å². The van der Waals surface area contributed by atoms with Gasteiger partial charge in [-0.05, 0) is 31.0 Å². The van der Waals surface area contributed by atoms with E-state index in [0.717, 1.165) is 25.1 Å². The monoisotopic (exact) mass is 365 g/mol. The molecule has 2 heterocycles. The average molecular weight is 366 g/mol. The molecule has 1 unspecified atom stereocenters. The molecule has 1 amide bonds. The standard InChI is InChI=1S/C17H17Cl2N3O2/c18-14-4-1-5-15(16(14)19)22-17(23)11-7-12(9-20-8-11)21-10-13-3-2-6-24-13/h1,4-5,7-9,13,21H,2-3,6,10H2,(H,22,23). The Balaban J connectivity index is 1.66. The Kier molecular flexibility index (Phi) is 5.56. The molecule has 5 nitrogen and oxygen atoms in total. The van der Waals surface area contributed by atoms with Gasteiger partial charge in [-0.15, -0.1) is 0 Å². The van der Waals surface area contributed by atoms with Gasteiger partial charge in [0.2, 0.25) is 0 Å². The second-order valence-electron chi connectivity index (χ2n) is 5.53. The van der Waals surface area contributed by atoms with Crippen LogP contribution in [-0.2, 0) is 4.74 Å². The lowest BCUT2D eigenvalue weighted by molar-refractivity contribution is 0.102. The van der Waals surface area contributed by atoms with Crippen molar-refractivity contribution in [2.75, 3.05) is 23.8 Å². The maximum Gasteiger partial charge on any atom is 0.257 e. The summed E-state index contributed by atoms with van der Waals surface area (Å²) < 4.78 is 5.57. The van der Waals surface area contributed by atoms with Crippen LogP contribution in [0.3, 0.4) is 0 Å². The summed E-state index contributed by atoms with van der Waals surface area (Å²) in [6.07, 6.45) is 5.54. The lowest BCUT2D eigenvalue weighted by Gasteiger charge is -2.12. The van der Waals surface area contributed by atoms with Crippen molar-refractivity contribution in [3.05, 3.63) is 52.3 Å². The van der Waals surface area contributed by atoms with Crippen molar-refractivity contribution in [3.8, 4) is 0 Å². The summed E-state index contributed by atoms with van der Waals surface area (Å²) in [6, 6.07) is 6.83. The summed E-state index contributed by atoms with van der Waals surface area (Å²) in [4.78, 5) is 16.5. The van der Waals surface area contributed by atoms with E-state index in [2.05, 4.69) is 15.6 Å². The minimum Gasteiger partial charge on any atom is -0.381 e. The third-order valence-corrected chi connectivity index (χ3v) is 4.58. The molecule has 0 spiro atoms. The summed E-state index contributed by atoms with van der Waals surface area (Å²) in [5.41, 5.74) is 1.67. The molecule has 7 heteroatoms. The highest BCUT2D eigenvalue weighted by Gasteiger charge is 2.15. The number of hydrogen-bond donors (Lipinski definition) is 2. The minimum atomic E-state index is -0.299. The Labute approximate surface area is 150 Å². The molecule has 3 rings (SSSR count). The number of benzene rings is 1. The number of halogens is 2. The summed E-state index contributed by atoms with van der Waals surface area (Å²) in [6.45, 7) is 1.51. The van der Waals surface area contributed by atoms with Gasteiger partial charge in [0.1, 0.15) is 0 Å². The molecule has 1 aliphatic heterocycles. The molecule has 126 valence electrons. The largest absolute Gasteiger partial charge is 0.381 e. The molecule has 0 bridgehead atoms. The van der Waals surface area contributed by atoms with Crippen molar-refractivity contribution < 1.29 is 9.53 Å². The molecule has 24 heavy (non-hydrogen) atoms. The fourth-order valence-electron chi connectivity index (χ4n) is 2.49. The number of pyridine rings is 1. The van der Waals surface area contributed by atoms with Crippen LogP contribution >= 0.6 is 23.2 Å². The first-order chi connectivity index (χ1) is 11.6. The number of hydrogen-bond acceptors (Lipinski definition) is 4. The average Bonchev–Trinajstić information content (AvgIpc) is 3.11. The second-order valence-corrected chi connectivity index (χ2v) is 6.32. The fraction of sp³-hybridized carbons (Fsp3) is 0.294. The fourth-order valence-corrected chi connectivity index (χ4v) is 2.84. The number of carbonyl (C=O) groups excluding carboxylic acids is 1. The molecule has 1 atom stereocenters. The van der Waals surface area contributed by atoms with Gasteiger partial charge < -0.3 is 15.4 Å². The maximum atomic E-state index is 12.4. The molecule has 1 aliphatic rings. The van der Waals surface area contributed by atoms with Gasteiger partial charge in [0.25, 0.3) is 5.91 Å². The summed E-state index contributed by atoms with van der Waals surface area (Å²) in [5, 5.41) is 6.70. The van der Waals surface area contributed by atoms with Crippen LogP contribution < -0.4 is 10.6 Å². The van der Waals surface area contributed by atoms with E-state index in [0.29, 0.717) is 27.8 Å². The van der Waals surface area contributed by atoms with Crippen LogP contribution in [0.1, 0.15) is 23.2 Å². The number of ether oxygens (including phenoxy) is 1. The van der Waals surface area contributed by atoms with Crippen molar-refractivity contribution in [2.24, 2.45) is 0 Å². The first kappa shape index (κ1) is 17.0. The molecular formula is C17H17Cl2N3O2. The zero-order chi connectivity index (χ0) is 16.9. The van der Waals surface area contributed by atoms with Gasteiger partial charge in [-0.2, -0.15) is 0 Å². The van der Waals surface area contributed by atoms with E-state index in [9.17, 15) is 4.79 Å². The predicted octanol–water partition coefficient (Wildman–Crippen LogP) is 4.23.